The van der Waals surface area contributed by atoms with E-state index in [9.17, 15) is 17.6 Å². The fraction of sp³-hybridized carbons (Fsp3) is 0.435. The third-order valence-corrected chi connectivity index (χ3v) is 7.23. The average molecular weight is 447 g/mol. The molecule has 2 aromatic carbocycles. The van der Waals surface area contributed by atoms with Gasteiger partial charge in [0.05, 0.1) is 11.5 Å². The van der Waals surface area contributed by atoms with Crippen LogP contribution in [0.15, 0.2) is 53.4 Å². The molecule has 8 heteroatoms. The fourth-order valence-electron chi connectivity index (χ4n) is 3.81. The van der Waals surface area contributed by atoms with E-state index < -0.39 is 15.8 Å². The lowest BCUT2D eigenvalue weighted by Gasteiger charge is -2.17. The van der Waals surface area contributed by atoms with Gasteiger partial charge in [0.2, 0.25) is 10.0 Å². The van der Waals surface area contributed by atoms with Crippen LogP contribution in [-0.2, 0) is 10.0 Å². The van der Waals surface area contributed by atoms with Crippen LogP contribution < -0.4 is 9.46 Å². The molecule has 4 rings (SSSR count). The van der Waals surface area contributed by atoms with Gasteiger partial charge in [-0.1, -0.05) is 0 Å². The number of likely N-dealkylation sites (tertiary alicyclic amines) is 1. The van der Waals surface area contributed by atoms with E-state index in [1.807, 2.05) is 24.3 Å². The highest BCUT2D eigenvalue weighted by atomic mass is 32.2. The molecular formula is C23H27FN2O4S. The maximum absolute atomic E-state index is 13.0. The molecule has 0 radical (unpaired) electrons. The molecule has 166 valence electrons. The zero-order valence-corrected chi connectivity index (χ0v) is 18.1. The largest absolute Gasteiger partial charge is 0.494 e. The van der Waals surface area contributed by atoms with Gasteiger partial charge in [0.1, 0.15) is 11.6 Å². The molecule has 1 aliphatic carbocycles. The standard InChI is InChI=1S/C23H27FN2O4S/c24-19-6-10-22(11-7-19)31(28,29)25-20-12-14-26(16-20)13-1-15-30-21-8-4-18(5-9-21)23(27)17-2-3-17/h4-11,17,20,25H,1-3,12-16H2/t20-/m0/s1. The smallest absolute Gasteiger partial charge is 0.240 e. The Hall–Kier alpha value is -2.29. The molecule has 1 saturated carbocycles. The molecule has 2 aromatic rings. The molecule has 1 atom stereocenters. The van der Waals surface area contributed by atoms with Gasteiger partial charge in [0, 0.05) is 30.6 Å². The number of ketones is 1. The third kappa shape index (κ3) is 5.90. The molecule has 1 aliphatic heterocycles. The monoisotopic (exact) mass is 446 g/mol. The molecule has 0 amide bonds. The maximum atomic E-state index is 13.0. The Morgan fingerprint density at radius 1 is 1.06 bits per heavy atom. The molecule has 1 N–H and O–H groups in total. The van der Waals surface area contributed by atoms with Crippen LogP contribution in [0.2, 0.25) is 0 Å². The lowest BCUT2D eigenvalue weighted by atomic mass is 10.1. The van der Waals surface area contributed by atoms with Gasteiger partial charge in [0.15, 0.2) is 5.78 Å². The van der Waals surface area contributed by atoms with Crippen LogP contribution in [0.3, 0.4) is 0 Å². The second-order valence-corrected chi connectivity index (χ2v) is 9.94. The Bertz CT molecular complexity index is 1000. The second-order valence-electron chi connectivity index (χ2n) is 8.23. The van der Waals surface area contributed by atoms with E-state index in [1.165, 1.54) is 12.1 Å². The van der Waals surface area contributed by atoms with E-state index in [-0.39, 0.29) is 22.6 Å². The van der Waals surface area contributed by atoms with Gasteiger partial charge in [0.25, 0.3) is 0 Å². The van der Waals surface area contributed by atoms with E-state index >= 15 is 0 Å². The highest BCUT2D eigenvalue weighted by Crippen LogP contribution is 2.32. The topological polar surface area (TPSA) is 75.7 Å². The number of benzene rings is 2. The zero-order valence-electron chi connectivity index (χ0n) is 17.3. The number of ether oxygens (including phenoxy) is 1. The first-order valence-corrected chi connectivity index (χ1v) is 12.2. The van der Waals surface area contributed by atoms with E-state index in [0.717, 1.165) is 62.2 Å². The number of carbonyl (C=O) groups is 1. The van der Waals surface area contributed by atoms with Crippen molar-refractivity contribution in [1.82, 2.24) is 9.62 Å². The molecule has 2 fully saturated rings. The Kier molecular flexibility index (Phi) is 6.69. The minimum atomic E-state index is -3.65. The Labute approximate surface area is 182 Å². The van der Waals surface area contributed by atoms with Crippen LogP contribution in [0.4, 0.5) is 4.39 Å². The van der Waals surface area contributed by atoms with Crippen molar-refractivity contribution in [1.29, 1.82) is 0 Å². The van der Waals surface area contributed by atoms with Crippen LogP contribution in [0, 0.1) is 11.7 Å². The first-order chi connectivity index (χ1) is 14.9. The lowest BCUT2D eigenvalue weighted by Crippen LogP contribution is -2.37. The van der Waals surface area contributed by atoms with Crippen molar-refractivity contribution in [3.63, 3.8) is 0 Å². The summed E-state index contributed by atoms with van der Waals surface area (Å²) in [5.41, 5.74) is 0.751. The SMILES string of the molecule is O=C(c1ccc(OCCCN2CC[C@H](NS(=O)(=O)c3ccc(F)cc3)C2)cc1)C1CC1. The summed E-state index contributed by atoms with van der Waals surface area (Å²) >= 11 is 0. The van der Waals surface area contributed by atoms with Gasteiger partial charge in [-0.15, -0.1) is 0 Å². The predicted octanol–water partition coefficient (Wildman–Crippen LogP) is 3.24. The summed E-state index contributed by atoms with van der Waals surface area (Å²) in [5, 5.41) is 0. The molecule has 1 heterocycles. The molecule has 0 spiro atoms. The number of hydrogen-bond donors (Lipinski definition) is 1. The van der Waals surface area contributed by atoms with E-state index in [0.29, 0.717) is 13.2 Å². The van der Waals surface area contributed by atoms with Crippen molar-refractivity contribution in [2.24, 2.45) is 5.92 Å². The fourth-order valence-corrected chi connectivity index (χ4v) is 5.07. The summed E-state index contributed by atoms with van der Waals surface area (Å²) in [5.74, 6) is 0.732. The van der Waals surface area contributed by atoms with Crippen LogP contribution in [0.5, 0.6) is 5.75 Å². The van der Waals surface area contributed by atoms with Gasteiger partial charge in [-0.3, -0.25) is 4.79 Å². The highest BCUT2D eigenvalue weighted by molar-refractivity contribution is 7.89. The van der Waals surface area contributed by atoms with E-state index in [2.05, 4.69) is 9.62 Å². The van der Waals surface area contributed by atoms with Crippen LogP contribution in [-0.4, -0.2) is 51.4 Å². The lowest BCUT2D eigenvalue weighted by molar-refractivity contribution is 0.0967. The first kappa shape index (κ1) is 21.9. The number of Topliss-reactive ketones (excluding diaryl/α,β-unsaturated/α-hetero) is 1. The molecular weight excluding hydrogens is 419 g/mol. The molecule has 0 aromatic heterocycles. The number of halogens is 1. The van der Waals surface area contributed by atoms with Crippen molar-refractivity contribution in [3.8, 4) is 5.75 Å². The molecule has 6 nitrogen and oxygen atoms in total. The second kappa shape index (κ2) is 9.46. The van der Waals surface area contributed by atoms with Gasteiger partial charge in [-0.25, -0.2) is 17.5 Å². The molecule has 1 saturated heterocycles. The summed E-state index contributed by atoms with van der Waals surface area (Å²) < 4.78 is 46.4. The van der Waals surface area contributed by atoms with Crippen LogP contribution in [0.1, 0.15) is 36.0 Å². The molecule has 0 unspecified atom stereocenters. The summed E-state index contributed by atoms with van der Waals surface area (Å²) in [6, 6.07) is 12.0. The summed E-state index contributed by atoms with van der Waals surface area (Å²) in [7, 11) is -3.65. The number of sulfonamides is 1. The van der Waals surface area contributed by atoms with E-state index in [4.69, 9.17) is 4.74 Å². The Morgan fingerprint density at radius 2 is 1.77 bits per heavy atom. The van der Waals surface area contributed by atoms with Gasteiger partial charge in [-0.05, 0) is 80.8 Å². The summed E-state index contributed by atoms with van der Waals surface area (Å²) in [6.45, 7) is 2.82. The minimum absolute atomic E-state index is 0.0746. The normalized spacial score (nSPS) is 19.5. The summed E-state index contributed by atoms with van der Waals surface area (Å²) in [4.78, 5) is 14.3. The highest BCUT2D eigenvalue weighted by Gasteiger charge is 2.30. The average Bonchev–Trinajstić information content (AvgIpc) is 3.52. The Balaban J connectivity index is 1.17. The van der Waals surface area contributed by atoms with E-state index in [1.54, 1.807) is 0 Å². The van der Waals surface area contributed by atoms with Crippen molar-refractivity contribution < 1.29 is 22.3 Å². The summed E-state index contributed by atoms with van der Waals surface area (Å²) in [6.07, 6.45) is 3.56. The predicted molar refractivity (Wildman–Crippen MR) is 115 cm³/mol. The third-order valence-electron chi connectivity index (χ3n) is 5.69. The zero-order chi connectivity index (χ0) is 21.8. The number of hydrogen-bond acceptors (Lipinski definition) is 5. The number of nitrogens with zero attached hydrogens (tertiary/aromatic N) is 1. The van der Waals surface area contributed by atoms with Gasteiger partial charge in [-0.2, -0.15) is 0 Å². The quantitative estimate of drug-likeness (QED) is 0.448. The maximum Gasteiger partial charge on any atom is 0.240 e. The first-order valence-electron chi connectivity index (χ1n) is 10.7. The number of nitrogens with one attached hydrogen (secondary N) is 1. The van der Waals surface area contributed by atoms with Crippen LogP contribution in [0.25, 0.3) is 0 Å². The Morgan fingerprint density at radius 3 is 2.45 bits per heavy atom. The minimum Gasteiger partial charge on any atom is -0.494 e. The van der Waals surface area contributed by atoms with Crippen molar-refractivity contribution in [2.75, 3.05) is 26.2 Å². The number of rotatable bonds is 10. The molecule has 2 aliphatic rings. The number of carbonyl (C=O) groups excluding carboxylic acids is 1. The van der Waals surface area contributed by atoms with Crippen molar-refractivity contribution in [3.05, 3.63) is 59.9 Å². The van der Waals surface area contributed by atoms with Crippen molar-refractivity contribution >= 4 is 15.8 Å². The van der Waals surface area contributed by atoms with Crippen molar-refractivity contribution in [2.45, 2.75) is 36.6 Å². The van der Waals surface area contributed by atoms with Crippen LogP contribution >= 0.6 is 0 Å². The molecule has 31 heavy (non-hydrogen) atoms. The molecule has 0 bridgehead atoms. The van der Waals surface area contributed by atoms with Gasteiger partial charge < -0.3 is 9.64 Å². The van der Waals surface area contributed by atoms with Gasteiger partial charge >= 0.3 is 0 Å².